The van der Waals surface area contributed by atoms with Gasteiger partial charge in [0, 0.05) is 11.8 Å². The largest absolute Gasteiger partial charge is 0.496 e. The molecule has 2 aromatic rings. The molecule has 0 aliphatic carbocycles. The Balaban J connectivity index is 1.70. The van der Waals surface area contributed by atoms with Crippen LogP contribution in [0.3, 0.4) is 0 Å². The number of nitrogens with one attached hydrogen (secondary N) is 1. The van der Waals surface area contributed by atoms with Crippen molar-refractivity contribution in [3.8, 4) is 5.75 Å². The predicted molar refractivity (Wildman–Crippen MR) is 92.0 cm³/mol. The molecule has 0 bridgehead atoms. The number of carbonyl (C=O) groups excluding carboxylic acids is 1. The Bertz CT molecular complexity index is 802. The smallest absolute Gasteiger partial charge is 0.339 e. The van der Waals surface area contributed by atoms with Crippen LogP contribution in [0.15, 0.2) is 42.5 Å². The molecule has 25 heavy (non-hydrogen) atoms. The number of carboxylic acids is 1. The molecule has 0 saturated carbocycles. The fourth-order valence-corrected chi connectivity index (χ4v) is 2.97. The number of carboxylic acid groups (broad SMARTS) is 1. The normalized spacial score (nSPS) is 16.0. The summed E-state index contributed by atoms with van der Waals surface area (Å²) < 4.78 is 10.8. The lowest BCUT2D eigenvalue weighted by molar-refractivity contribution is -0.119. The van der Waals surface area contributed by atoms with Gasteiger partial charge in [0.25, 0.3) is 0 Å². The molecule has 1 amide bonds. The van der Waals surface area contributed by atoms with Crippen molar-refractivity contribution >= 4 is 17.6 Å². The molecule has 1 aliphatic heterocycles. The number of carbonyl (C=O) groups is 2. The minimum absolute atomic E-state index is 0.0463. The Labute approximate surface area is 145 Å². The fraction of sp³-hybridized carbons (Fsp3) is 0.263. The first-order valence-corrected chi connectivity index (χ1v) is 7.99. The van der Waals surface area contributed by atoms with Gasteiger partial charge < -0.3 is 19.9 Å². The van der Waals surface area contributed by atoms with Crippen molar-refractivity contribution in [2.45, 2.75) is 18.9 Å². The third kappa shape index (κ3) is 3.80. The van der Waals surface area contributed by atoms with Crippen LogP contribution in [0, 0.1) is 0 Å². The van der Waals surface area contributed by atoms with Gasteiger partial charge in [0.1, 0.15) is 11.3 Å². The summed E-state index contributed by atoms with van der Waals surface area (Å²) in [7, 11) is 1.39. The summed E-state index contributed by atoms with van der Waals surface area (Å²) in [6.45, 7) is 0.593. The van der Waals surface area contributed by atoms with Crippen LogP contribution in [0.5, 0.6) is 5.75 Å². The van der Waals surface area contributed by atoms with Gasteiger partial charge in [-0.25, -0.2) is 4.79 Å². The zero-order valence-corrected chi connectivity index (χ0v) is 13.8. The van der Waals surface area contributed by atoms with Gasteiger partial charge in [-0.2, -0.15) is 0 Å². The van der Waals surface area contributed by atoms with Gasteiger partial charge in [0.05, 0.1) is 26.2 Å². The molecule has 6 nitrogen and oxygen atoms in total. The summed E-state index contributed by atoms with van der Waals surface area (Å²) in [5.74, 6) is -1.08. The standard InChI is InChI=1S/C19H19NO5/c1-24-16-10-13(6-7-15(16)19(22)23)20-18(21)11-17-14-5-3-2-4-12(14)8-9-25-17/h2-7,10,17H,8-9,11H2,1H3,(H,20,21)(H,22,23). The monoisotopic (exact) mass is 341 g/mol. The van der Waals surface area contributed by atoms with Gasteiger partial charge in [-0.15, -0.1) is 0 Å². The van der Waals surface area contributed by atoms with Crippen molar-refractivity contribution in [2.24, 2.45) is 0 Å². The third-order valence-corrected chi connectivity index (χ3v) is 4.18. The minimum Gasteiger partial charge on any atom is -0.496 e. The SMILES string of the molecule is COc1cc(NC(=O)CC2OCCc3ccccc32)ccc1C(=O)O. The van der Waals surface area contributed by atoms with E-state index in [1.54, 1.807) is 6.07 Å². The molecule has 1 heterocycles. The van der Waals surface area contributed by atoms with Crippen LogP contribution >= 0.6 is 0 Å². The van der Waals surface area contributed by atoms with Crippen molar-refractivity contribution in [1.29, 1.82) is 0 Å². The van der Waals surface area contributed by atoms with Crippen LogP contribution in [0.2, 0.25) is 0 Å². The molecule has 1 aliphatic rings. The number of fused-ring (bicyclic) bond motifs is 1. The second-order valence-corrected chi connectivity index (χ2v) is 5.78. The van der Waals surface area contributed by atoms with Gasteiger partial charge in [0.2, 0.25) is 5.91 Å². The maximum atomic E-state index is 12.4. The molecular formula is C19H19NO5. The molecule has 0 fully saturated rings. The summed E-state index contributed by atoms with van der Waals surface area (Å²) in [5.41, 5.74) is 2.78. The van der Waals surface area contributed by atoms with E-state index >= 15 is 0 Å². The average Bonchev–Trinajstić information content (AvgIpc) is 2.61. The maximum Gasteiger partial charge on any atom is 0.339 e. The second kappa shape index (κ2) is 7.36. The third-order valence-electron chi connectivity index (χ3n) is 4.18. The topological polar surface area (TPSA) is 84.9 Å². The van der Waals surface area contributed by atoms with Crippen molar-refractivity contribution in [1.82, 2.24) is 0 Å². The molecule has 6 heteroatoms. The highest BCUT2D eigenvalue weighted by Gasteiger charge is 2.23. The van der Waals surface area contributed by atoms with E-state index in [-0.39, 0.29) is 29.7 Å². The number of rotatable bonds is 5. The zero-order chi connectivity index (χ0) is 17.8. The number of amides is 1. The first kappa shape index (κ1) is 17.0. The maximum absolute atomic E-state index is 12.4. The number of anilines is 1. The van der Waals surface area contributed by atoms with E-state index in [1.165, 1.54) is 24.8 Å². The van der Waals surface area contributed by atoms with E-state index in [2.05, 4.69) is 11.4 Å². The minimum atomic E-state index is -1.08. The summed E-state index contributed by atoms with van der Waals surface area (Å²) in [5, 5.41) is 11.9. The number of benzene rings is 2. The molecule has 0 saturated heterocycles. The number of hydrogen-bond acceptors (Lipinski definition) is 4. The van der Waals surface area contributed by atoms with Gasteiger partial charge in [-0.1, -0.05) is 24.3 Å². The molecular weight excluding hydrogens is 322 g/mol. The second-order valence-electron chi connectivity index (χ2n) is 5.78. The van der Waals surface area contributed by atoms with Crippen LogP contribution in [0.1, 0.15) is 34.0 Å². The van der Waals surface area contributed by atoms with E-state index in [9.17, 15) is 9.59 Å². The molecule has 0 spiro atoms. The fourth-order valence-electron chi connectivity index (χ4n) is 2.97. The Kier molecular flexibility index (Phi) is 5.00. The van der Waals surface area contributed by atoms with Crippen LogP contribution in [-0.2, 0) is 16.0 Å². The first-order valence-electron chi connectivity index (χ1n) is 7.99. The van der Waals surface area contributed by atoms with Crippen molar-refractivity contribution in [2.75, 3.05) is 19.0 Å². The Morgan fingerprint density at radius 3 is 2.84 bits per heavy atom. The van der Waals surface area contributed by atoms with E-state index < -0.39 is 5.97 Å². The molecule has 2 aromatic carbocycles. The highest BCUT2D eigenvalue weighted by Crippen LogP contribution is 2.30. The summed E-state index contributed by atoms with van der Waals surface area (Å²) in [4.78, 5) is 23.5. The van der Waals surface area contributed by atoms with E-state index in [0.29, 0.717) is 12.3 Å². The van der Waals surface area contributed by atoms with Crippen molar-refractivity contribution in [3.63, 3.8) is 0 Å². The van der Waals surface area contributed by atoms with Crippen molar-refractivity contribution in [3.05, 3.63) is 59.2 Å². The Hall–Kier alpha value is -2.86. The van der Waals surface area contributed by atoms with Crippen LogP contribution < -0.4 is 10.1 Å². The molecule has 1 atom stereocenters. The molecule has 0 aromatic heterocycles. The lowest BCUT2D eigenvalue weighted by Crippen LogP contribution is -2.22. The quantitative estimate of drug-likeness (QED) is 0.873. The average molecular weight is 341 g/mol. The molecule has 130 valence electrons. The molecule has 0 radical (unpaired) electrons. The van der Waals surface area contributed by atoms with Crippen LogP contribution in [0.4, 0.5) is 5.69 Å². The molecule has 2 N–H and O–H groups in total. The molecule has 1 unspecified atom stereocenters. The van der Waals surface area contributed by atoms with Crippen LogP contribution in [0.25, 0.3) is 0 Å². The number of aromatic carboxylic acids is 1. The molecule has 3 rings (SSSR count). The number of hydrogen-bond donors (Lipinski definition) is 2. The van der Waals surface area contributed by atoms with Gasteiger partial charge in [-0.05, 0) is 29.7 Å². The highest BCUT2D eigenvalue weighted by molar-refractivity contribution is 5.94. The van der Waals surface area contributed by atoms with Crippen LogP contribution in [-0.4, -0.2) is 30.7 Å². The number of ether oxygens (including phenoxy) is 2. The lowest BCUT2D eigenvalue weighted by atomic mass is 9.95. The van der Waals surface area contributed by atoms with Gasteiger partial charge in [0.15, 0.2) is 0 Å². The first-order chi connectivity index (χ1) is 12.1. The van der Waals surface area contributed by atoms with Gasteiger partial charge >= 0.3 is 5.97 Å². The van der Waals surface area contributed by atoms with E-state index in [0.717, 1.165) is 12.0 Å². The Morgan fingerprint density at radius 2 is 2.08 bits per heavy atom. The number of methoxy groups -OCH3 is 1. The van der Waals surface area contributed by atoms with E-state index in [1.807, 2.05) is 18.2 Å². The van der Waals surface area contributed by atoms with Gasteiger partial charge in [-0.3, -0.25) is 4.79 Å². The zero-order valence-electron chi connectivity index (χ0n) is 13.8. The summed E-state index contributed by atoms with van der Waals surface area (Å²) in [6, 6.07) is 12.4. The predicted octanol–water partition coefficient (Wildman–Crippen LogP) is 3.04. The Morgan fingerprint density at radius 1 is 1.28 bits per heavy atom. The lowest BCUT2D eigenvalue weighted by Gasteiger charge is -2.25. The van der Waals surface area contributed by atoms with E-state index in [4.69, 9.17) is 14.6 Å². The van der Waals surface area contributed by atoms with Crippen molar-refractivity contribution < 1.29 is 24.2 Å². The summed E-state index contributed by atoms with van der Waals surface area (Å²) >= 11 is 0. The summed E-state index contributed by atoms with van der Waals surface area (Å²) in [6.07, 6.45) is 0.771. The highest BCUT2D eigenvalue weighted by atomic mass is 16.5.